The summed E-state index contributed by atoms with van der Waals surface area (Å²) in [7, 11) is 0. The second-order valence-corrected chi connectivity index (χ2v) is 7.45. The Labute approximate surface area is 157 Å². The van der Waals surface area contributed by atoms with Gasteiger partial charge in [-0.3, -0.25) is 14.5 Å². The van der Waals surface area contributed by atoms with Gasteiger partial charge in [0.1, 0.15) is 0 Å². The van der Waals surface area contributed by atoms with Crippen molar-refractivity contribution in [3.63, 3.8) is 0 Å². The van der Waals surface area contributed by atoms with E-state index in [1.165, 1.54) is 17.5 Å². The highest BCUT2D eigenvalue weighted by Gasteiger charge is 2.24. The first-order valence-electron chi connectivity index (χ1n) is 9.75. The van der Waals surface area contributed by atoms with Gasteiger partial charge in [-0.15, -0.1) is 0 Å². The predicted molar refractivity (Wildman–Crippen MR) is 103 cm³/mol. The van der Waals surface area contributed by atoms with E-state index in [4.69, 9.17) is 5.11 Å². The number of nitrogens with zero attached hydrogens (tertiary/aromatic N) is 2. The summed E-state index contributed by atoms with van der Waals surface area (Å²) in [6.07, 6.45) is 5.21. The minimum absolute atomic E-state index is 0.0629. The number of piperidine rings is 1. The van der Waals surface area contributed by atoms with Crippen molar-refractivity contribution < 1.29 is 14.7 Å². The molecule has 1 aliphatic rings. The Kier molecular flexibility index (Phi) is 8.10. The Morgan fingerprint density at radius 1 is 1.15 bits per heavy atom. The van der Waals surface area contributed by atoms with E-state index in [2.05, 4.69) is 31.2 Å². The molecule has 2 rings (SSSR count). The molecule has 1 N–H and O–H groups in total. The molecule has 0 saturated carbocycles. The maximum absolute atomic E-state index is 12.5. The molecule has 1 aromatic rings. The highest BCUT2D eigenvalue weighted by atomic mass is 16.4. The van der Waals surface area contributed by atoms with Gasteiger partial charge in [-0.1, -0.05) is 36.8 Å². The van der Waals surface area contributed by atoms with Gasteiger partial charge in [-0.05, 0) is 57.1 Å². The largest absolute Gasteiger partial charge is 0.480 e. The number of hydrogen-bond donors (Lipinski definition) is 1. The first-order valence-corrected chi connectivity index (χ1v) is 9.75. The van der Waals surface area contributed by atoms with Crippen LogP contribution in [0.5, 0.6) is 0 Å². The predicted octanol–water partition coefficient (Wildman–Crippen LogP) is 2.96. The van der Waals surface area contributed by atoms with Crippen molar-refractivity contribution >= 4 is 11.9 Å². The standard InChI is InChI=1S/C21H32N2O3/c1-3-12-22(16-21(25)26)15-20(24)23-13-10-19(11-14-23)9-8-18-6-4-17(2)5-7-18/h4-7,19H,3,8-16H2,1-2H3,(H,25,26). The SMILES string of the molecule is CCCN(CC(=O)O)CC(=O)N1CCC(CCc2ccc(C)cc2)CC1. The summed E-state index contributed by atoms with van der Waals surface area (Å²) in [5.41, 5.74) is 2.68. The third kappa shape index (κ3) is 6.79. The van der Waals surface area contributed by atoms with Gasteiger partial charge in [0.05, 0.1) is 13.1 Å². The molecule has 5 heteroatoms. The molecule has 1 aliphatic heterocycles. The number of carboxylic acids is 1. The van der Waals surface area contributed by atoms with E-state index in [0.717, 1.165) is 38.8 Å². The number of benzene rings is 1. The molecule has 1 saturated heterocycles. The number of carboxylic acid groups (broad SMARTS) is 1. The van der Waals surface area contributed by atoms with Crippen molar-refractivity contribution in [3.8, 4) is 0 Å². The summed E-state index contributed by atoms with van der Waals surface area (Å²) in [4.78, 5) is 27.0. The van der Waals surface area contributed by atoms with Gasteiger partial charge in [0.15, 0.2) is 0 Å². The zero-order valence-electron chi connectivity index (χ0n) is 16.1. The van der Waals surface area contributed by atoms with Crippen LogP contribution in [0, 0.1) is 12.8 Å². The lowest BCUT2D eigenvalue weighted by Crippen LogP contribution is -2.45. The third-order valence-electron chi connectivity index (χ3n) is 5.19. The fourth-order valence-corrected chi connectivity index (χ4v) is 3.61. The molecule has 1 fully saturated rings. The zero-order valence-corrected chi connectivity index (χ0v) is 16.1. The normalized spacial score (nSPS) is 15.4. The van der Waals surface area contributed by atoms with Crippen LogP contribution in [0.4, 0.5) is 0 Å². The van der Waals surface area contributed by atoms with Crippen LogP contribution in [0.25, 0.3) is 0 Å². The molecule has 0 radical (unpaired) electrons. The molecule has 0 atom stereocenters. The lowest BCUT2D eigenvalue weighted by atomic mass is 9.90. The lowest BCUT2D eigenvalue weighted by Gasteiger charge is -2.33. The highest BCUT2D eigenvalue weighted by Crippen LogP contribution is 2.22. The van der Waals surface area contributed by atoms with Crippen molar-refractivity contribution in [3.05, 3.63) is 35.4 Å². The molecule has 0 aliphatic carbocycles. The Hall–Kier alpha value is -1.88. The number of carbonyl (C=O) groups is 2. The van der Waals surface area contributed by atoms with Gasteiger partial charge in [0.2, 0.25) is 5.91 Å². The molecule has 0 bridgehead atoms. The summed E-state index contributed by atoms with van der Waals surface area (Å²) in [6.45, 7) is 6.49. The summed E-state index contributed by atoms with van der Waals surface area (Å²) < 4.78 is 0. The molecular formula is C21H32N2O3. The fourth-order valence-electron chi connectivity index (χ4n) is 3.61. The van der Waals surface area contributed by atoms with Crippen LogP contribution in [0.15, 0.2) is 24.3 Å². The van der Waals surface area contributed by atoms with Crippen LogP contribution < -0.4 is 0 Å². The number of carbonyl (C=O) groups excluding carboxylic acids is 1. The van der Waals surface area contributed by atoms with Crippen molar-refractivity contribution in [2.75, 3.05) is 32.7 Å². The minimum Gasteiger partial charge on any atom is -0.480 e. The second kappa shape index (κ2) is 10.3. The molecule has 1 aromatic carbocycles. The van der Waals surface area contributed by atoms with Crippen LogP contribution in [0.1, 0.15) is 43.7 Å². The van der Waals surface area contributed by atoms with Crippen molar-refractivity contribution in [2.45, 2.75) is 46.0 Å². The van der Waals surface area contributed by atoms with E-state index < -0.39 is 5.97 Å². The maximum Gasteiger partial charge on any atom is 0.317 e. The van der Waals surface area contributed by atoms with E-state index >= 15 is 0 Å². The van der Waals surface area contributed by atoms with Crippen molar-refractivity contribution in [1.82, 2.24) is 9.80 Å². The van der Waals surface area contributed by atoms with Crippen LogP contribution in [0.3, 0.4) is 0 Å². The number of aliphatic carboxylic acids is 1. The molecule has 0 spiro atoms. The van der Waals surface area contributed by atoms with Crippen LogP contribution in [-0.2, 0) is 16.0 Å². The number of aryl methyl sites for hydroxylation is 2. The van der Waals surface area contributed by atoms with Gasteiger partial charge in [0.25, 0.3) is 0 Å². The van der Waals surface area contributed by atoms with Gasteiger partial charge in [-0.25, -0.2) is 0 Å². The Morgan fingerprint density at radius 2 is 1.81 bits per heavy atom. The minimum atomic E-state index is -0.874. The molecule has 0 unspecified atom stereocenters. The van der Waals surface area contributed by atoms with Crippen LogP contribution in [-0.4, -0.2) is 59.5 Å². The Morgan fingerprint density at radius 3 is 2.38 bits per heavy atom. The number of rotatable bonds is 9. The second-order valence-electron chi connectivity index (χ2n) is 7.45. The highest BCUT2D eigenvalue weighted by molar-refractivity contribution is 5.79. The van der Waals surface area contributed by atoms with Gasteiger partial charge < -0.3 is 10.0 Å². The maximum atomic E-state index is 12.5. The van der Waals surface area contributed by atoms with Gasteiger partial charge in [-0.2, -0.15) is 0 Å². The number of amides is 1. The first kappa shape index (κ1) is 20.4. The van der Waals surface area contributed by atoms with Crippen molar-refractivity contribution in [1.29, 1.82) is 0 Å². The molecule has 0 aromatic heterocycles. The van der Waals surface area contributed by atoms with E-state index in [-0.39, 0.29) is 19.0 Å². The van der Waals surface area contributed by atoms with E-state index in [0.29, 0.717) is 12.5 Å². The molecule has 1 amide bonds. The monoisotopic (exact) mass is 360 g/mol. The summed E-state index contributed by atoms with van der Waals surface area (Å²) in [5.74, 6) is -0.135. The first-order chi connectivity index (χ1) is 12.5. The molecular weight excluding hydrogens is 328 g/mol. The number of likely N-dealkylation sites (tertiary alicyclic amines) is 1. The topological polar surface area (TPSA) is 60.9 Å². The van der Waals surface area contributed by atoms with E-state index in [1.807, 2.05) is 11.8 Å². The molecule has 5 nitrogen and oxygen atoms in total. The van der Waals surface area contributed by atoms with Crippen LogP contribution in [0.2, 0.25) is 0 Å². The zero-order chi connectivity index (χ0) is 18.9. The smallest absolute Gasteiger partial charge is 0.317 e. The lowest BCUT2D eigenvalue weighted by molar-refractivity contribution is -0.140. The molecule has 144 valence electrons. The fraction of sp³-hybridized carbons (Fsp3) is 0.619. The van der Waals surface area contributed by atoms with E-state index in [9.17, 15) is 9.59 Å². The summed E-state index contributed by atoms with van der Waals surface area (Å²) in [5, 5.41) is 8.97. The quantitative estimate of drug-likeness (QED) is 0.735. The van der Waals surface area contributed by atoms with Crippen LogP contribution >= 0.6 is 0 Å². The molecule has 1 heterocycles. The number of hydrogen-bond acceptors (Lipinski definition) is 3. The van der Waals surface area contributed by atoms with E-state index in [1.54, 1.807) is 4.90 Å². The average molecular weight is 360 g/mol. The molecule has 26 heavy (non-hydrogen) atoms. The average Bonchev–Trinajstić information content (AvgIpc) is 2.61. The van der Waals surface area contributed by atoms with Crippen molar-refractivity contribution in [2.24, 2.45) is 5.92 Å². The summed E-state index contributed by atoms with van der Waals surface area (Å²) in [6, 6.07) is 8.74. The van der Waals surface area contributed by atoms with Gasteiger partial charge >= 0.3 is 5.97 Å². The Bertz CT molecular complexity index is 577. The summed E-state index contributed by atoms with van der Waals surface area (Å²) >= 11 is 0. The van der Waals surface area contributed by atoms with Gasteiger partial charge in [0, 0.05) is 13.1 Å². The Balaban J connectivity index is 1.73. The third-order valence-corrected chi connectivity index (χ3v) is 5.19.